The molecule has 1 saturated heterocycles. The first-order valence-corrected chi connectivity index (χ1v) is 12.0. The number of hydrogen-bond acceptors (Lipinski definition) is 5. The molecule has 2 N–H and O–H groups in total. The first-order valence-electron chi connectivity index (χ1n) is 11.6. The van der Waals surface area contributed by atoms with Crippen molar-refractivity contribution in [3.8, 4) is 22.8 Å². The molecule has 1 spiro atoms. The monoisotopic (exact) mass is 465 g/mol. The molecular formula is C25H28ClN5O2. The molecule has 0 atom stereocenters. The van der Waals surface area contributed by atoms with Gasteiger partial charge in [0.2, 0.25) is 0 Å². The summed E-state index contributed by atoms with van der Waals surface area (Å²) in [6, 6.07) is 11.6. The van der Waals surface area contributed by atoms with Crippen molar-refractivity contribution in [3.05, 3.63) is 47.6 Å². The average Bonchev–Trinajstić information content (AvgIpc) is 3.32. The summed E-state index contributed by atoms with van der Waals surface area (Å²) in [6.45, 7) is 1.99. The van der Waals surface area contributed by atoms with Gasteiger partial charge >= 0.3 is 5.97 Å². The SMILES string of the molecule is O=C(O)CC1CCC2(CC1)CCN(c1ccc(-c3n[nH]c(-c4cccc(Cl)c4)n3)cn1)CC2. The lowest BCUT2D eigenvalue weighted by atomic mass is 9.65. The predicted octanol–water partition coefficient (Wildman–Crippen LogP) is 5.44. The van der Waals surface area contributed by atoms with Crippen LogP contribution in [0.25, 0.3) is 22.8 Å². The van der Waals surface area contributed by atoms with Crippen molar-refractivity contribution in [1.29, 1.82) is 0 Å². The van der Waals surface area contributed by atoms with Gasteiger partial charge in [0.25, 0.3) is 0 Å². The number of carboxylic acids is 1. The summed E-state index contributed by atoms with van der Waals surface area (Å²) in [5.41, 5.74) is 2.15. The zero-order valence-corrected chi connectivity index (χ0v) is 19.3. The molecule has 2 fully saturated rings. The van der Waals surface area contributed by atoms with Gasteiger partial charge in [0.1, 0.15) is 5.82 Å². The molecule has 1 saturated carbocycles. The van der Waals surface area contributed by atoms with Crippen LogP contribution in [0.1, 0.15) is 44.9 Å². The first kappa shape index (κ1) is 21.9. The normalized spacial score (nSPS) is 18.5. The van der Waals surface area contributed by atoms with E-state index in [2.05, 4.69) is 20.1 Å². The van der Waals surface area contributed by atoms with E-state index >= 15 is 0 Å². The van der Waals surface area contributed by atoms with Crippen molar-refractivity contribution in [2.75, 3.05) is 18.0 Å². The zero-order chi connectivity index (χ0) is 22.8. The Morgan fingerprint density at radius 3 is 2.58 bits per heavy atom. The summed E-state index contributed by atoms with van der Waals surface area (Å²) in [7, 11) is 0. The van der Waals surface area contributed by atoms with Crippen molar-refractivity contribution >= 4 is 23.4 Å². The highest BCUT2D eigenvalue weighted by molar-refractivity contribution is 6.30. The number of benzene rings is 1. The number of hydrogen-bond donors (Lipinski definition) is 2. The standard InChI is InChI=1S/C25H28ClN5O2/c26-20-3-1-2-18(15-20)23-28-24(30-29-23)19-4-5-21(27-16-19)31-12-10-25(11-13-31)8-6-17(7-9-25)14-22(32)33/h1-5,15-17H,6-14H2,(H,32,33)(H,28,29,30). The number of aliphatic carboxylic acids is 1. The van der Waals surface area contributed by atoms with Crippen molar-refractivity contribution < 1.29 is 9.90 Å². The van der Waals surface area contributed by atoms with Crippen LogP contribution in [0.4, 0.5) is 5.82 Å². The fourth-order valence-electron chi connectivity index (χ4n) is 5.31. The van der Waals surface area contributed by atoms with Crippen molar-refractivity contribution in [2.24, 2.45) is 11.3 Å². The summed E-state index contributed by atoms with van der Waals surface area (Å²) in [4.78, 5) is 22.7. The van der Waals surface area contributed by atoms with E-state index in [0.29, 0.717) is 34.4 Å². The van der Waals surface area contributed by atoms with E-state index in [1.54, 1.807) is 0 Å². The Labute approximate surface area is 198 Å². The largest absolute Gasteiger partial charge is 0.481 e. The predicted molar refractivity (Wildman–Crippen MR) is 128 cm³/mol. The summed E-state index contributed by atoms with van der Waals surface area (Å²) >= 11 is 6.08. The Bertz CT molecular complexity index is 1110. The molecule has 7 nitrogen and oxygen atoms in total. The van der Waals surface area contributed by atoms with Crippen LogP contribution >= 0.6 is 11.6 Å². The minimum atomic E-state index is -0.661. The number of pyridine rings is 1. The second-order valence-electron chi connectivity index (χ2n) is 9.45. The van der Waals surface area contributed by atoms with E-state index in [1.165, 1.54) is 0 Å². The Morgan fingerprint density at radius 1 is 1.12 bits per heavy atom. The number of nitrogens with zero attached hydrogens (tertiary/aromatic N) is 4. The van der Waals surface area contributed by atoms with Crippen LogP contribution in [0.2, 0.25) is 5.02 Å². The molecule has 172 valence electrons. The number of aromatic nitrogens is 4. The number of carboxylic acid groups (broad SMARTS) is 1. The van der Waals surface area contributed by atoms with Gasteiger partial charge in [-0.1, -0.05) is 23.7 Å². The third-order valence-electron chi connectivity index (χ3n) is 7.37. The smallest absolute Gasteiger partial charge is 0.303 e. The molecule has 1 aliphatic carbocycles. The molecule has 0 amide bonds. The topological polar surface area (TPSA) is 95.0 Å². The zero-order valence-electron chi connectivity index (χ0n) is 18.5. The Kier molecular flexibility index (Phi) is 6.06. The van der Waals surface area contributed by atoms with Gasteiger partial charge < -0.3 is 10.0 Å². The van der Waals surface area contributed by atoms with Crippen LogP contribution in [0.3, 0.4) is 0 Å². The number of halogens is 1. The quantitative estimate of drug-likeness (QED) is 0.521. The minimum Gasteiger partial charge on any atom is -0.481 e. The van der Waals surface area contributed by atoms with Gasteiger partial charge in [-0.15, -0.1) is 0 Å². The van der Waals surface area contributed by atoms with Crippen LogP contribution in [0, 0.1) is 11.3 Å². The Hall–Kier alpha value is -2.93. The third-order valence-corrected chi connectivity index (χ3v) is 7.60. The molecule has 1 aliphatic heterocycles. The maximum atomic E-state index is 11.0. The fourth-order valence-corrected chi connectivity index (χ4v) is 5.50. The molecular weight excluding hydrogens is 438 g/mol. The van der Waals surface area contributed by atoms with Gasteiger partial charge in [0.05, 0.1) is 0 Å². The molecule has 0 bridgehead atoms. The van der Waals surface area contributed by atoms with Gasteiger partial charge in [-0.25, -0.2) is 9.97 Å². The van der Waals surface area contributed by atoms with E-state index in [9.17, 15) is 4.79 Å². The molecule has 8 heteroatoms. The lowest BCUT2D eigenvalue weighted by molar-refractivity contribution is -0.138. The van der Waals surface area contributed by atoms with Crippen molar-refractivity contribution in [1.82, 2.24) is 20.2 Å². The third kappa shape index (κ3) is 4.88. The van der Waals surface area contributed by atoms with Crippen LogP contribution < -0.4 is 4.90 Å². The highest BCUT2D eigenvalue weighted by Gasteiger charge is 2.38. The number of piperidine rings is 1. The Balaban J connectivity index is 1.20. The summed E-state index contributed by atoms with van der Waals surface area (Å²) in [6.07, 6.45) is 8.88. The Morgan fingerprint density at radius 2 is 1.91 bits per heavy atom. The van der Waals surface area contributed by atoms with Crippen LogP contribution in [0.5, 0.6) is 0 Å². The molecule has 2 aromatic heterocycles. The average molecular weight is 466 g/mol. The number of H-pyrrole nitrogens is 1. The highest BCUT2D eigenvalue weighted by atomic mass is 35.5. The van der Waals surface area contributed by atoms with Gasteiger partial charge in [-0.05, 0) is 74.1 Å². The molecule has 5 rings (SSSR count). The second-order valence-corrected chi connectivity index (χ2v) is 9.89. The van der Waals surface area contributed by atoms with Gasteiger partial charge in [0.15, 0.2) is 11.6 Å². The number of aromatic amines is 1. The van der Waals surface area contributed by atoms with Crippen LogP contribution in [-0.4, -0.2) is 44.3 Å². The molecule has 2 aliphatic rings. The summed E-state index contributed by atoms with van der Waals surface area (Å²) < 4.78 is 0. The lowest BCUT2D eigenvalue weighted by Crippen LogP contribution is -2.42. The van der Waals surface area contributed by atoms with E-state index in [0.717, 1.165) is 68.6 Å². The fraction of sp³-hybridized carbons (Fsp3) is 0.440. The number of carbonyl (C=O) groups is 1. The molecule has 0 unspecified atom stereocenters. The van der Waals surface area contributed by atoms with Gasteiger partial charge in [-0.3, -0.25) is 9.89 Å². The molecule has 1 aromatic carbocycles. The number of anilines is 1. The van der Waals surface area contributed by atoms with E-state index in [-0.39, 0.29) is 0 Å². The second kappa shape index (κ2) is 9.14. The maximum Gasteiger partial charge on any atom is 0.303 e. The van der Waals surface area contributed by atoms with E-state index < -0.39 is 5.97 Å². The van der Waals surface area contributed by atoms with Gasteiger partial charge in [-0.2, -0.15) is 5.10 Å². The maximum absolute atomic E-state index is 11.0. The van der Waals surface area contributed by atoms with Crippen LogP contribution in [-0.2, 0) is 4.79 Å². The van der Waals surface area contributed by atoms with Crippen LogP contribution in [0.15, 0.2) is 42.6 Å². The van der Waals surface area contributed by atoms with Gasteiger partial charge in [0, 0.05) is 41.9 Å². The summed E-state index contributed by atoms with van der Waals surface area (Å²) in [5, 5.41) is 17.0. The van der Waals surface area contributed by atoms with E-state index in [4.69, 9.17) is 21.7 Å². The molecule has 3 heterocycles. The molecule has 0 radical (unpaired) electrons. The van der Waals surface area contributed by atoms with Crippen molar-refractivity contribution in [2.45, 2.75) is 44.9 Å². The lowest BCUT2D eigenvalue weighted by Gasteiger charge is -2.46. The number of rotatable bonds is 5. The number of nitrogens with one attached hydrogen (secondary N) is 1. The summed E-state index contributed by atoms with van der Waals surface area (Å²) in [5.74, 6) is 1.97. The molecule has 3 aromatic rings. The minimum absolute atomic E-state index is 0.323. The first-order chi connectivity index (χ1) is 16.0. The van der Waals surface area contributed by atoms with E-state index in [1.807, 2.05) is 42.6 Å². The molecule has 33 heavy (non-hydrogen) atoms. The highest BCUT2D eigenvalue weighted by Crippen LogP contribution is 2.47. The van der Waals surface area contributed by atoms with Crippen molar-refractivity contribution in [3.63, 3.8) is 0 Å².